The van der Waals surface area contributed by atoms with Crippen LogP contribution in [0.5, 0.6) is 5.88 Å². The molecule has 0 bridgehead atoms. The van der Waals surface area contributed by atoms with Gasteiger partial charge in [0, 0.05) is 24.5 Å². The van der Waals surface area contributed by atoms with E-state index in [1.165, 1.54) is 12.8 Å². The molecule has 17 heavy (non-hydrogen) atoms. The number of aromatic nitrogens is 1. The molecule has 1 atom stereocenters. The van der Waals surface area contributed by atoms with Crippen LogP contribution < -0.4 is 9.64 Å². The van der Waals surface area contributed by atoms with Gasteiger partial charge in [0.25, 0.3) is 0 Å². The van der Waals surface area contributed by atoms with Crippen molar-refractivity contribution in [2.75, 3.05) is 29.9 Å². The Bertz CT molecular complexity index is 359. The lowest BCUT2D eigenvalue weighted by atomic mass is 10.1. The second-order valence-electron chi connectivity index (χ2n) is 4.35. The number of halogens is 1. The second-order valence-corrected chi connectivity index (χ2v) is 5.14. The standard InChI is InChI=1S/C13H19BrN2O/c1-2-17-13-5-3-4-12(15-13)16-9-7-11(10-16)6-8-14/h3-5,11H,2,6-10H2,1H3. The fraction of sp³-hybridized carbons (Fsp3) is 0.615. The monoisotopic (exact) mass is 298 g/mol. The maximum absolute atomic E-state index is 5.44. The van der Waals surface area contributed by atoms with Gasteiger partial charge >= 0.3 is 0 Å². The maximum Gasteiger partial charge on any atom is 0.215 e. The van der Waals surface area contributed by atoms with Crippen LogP contribution in [0, 0.1) is 5.92 Å². The topological polar surface area (TPSA) is 25.4 Å². The average molecular weight is 299 g/mol. The molecule has 0 saturated carbocycles. The molecule has 4 heteroatoms. The molecule has 0 radical (unpaired) electrons. The van der Waals surface area contributed by atoms with Gasteiger partial charge in [0.15, 0.2) is 0 Å². The zero-order valence-electron chi connectivity index (χ0n) is 10.2. The van der Waals surface area contributed by atoms with Crippen LogP contribution in [0.4, 0.5) is 5.82 Å². The Morgan fingerprint density at radius 3 is 3.18 bits per heavy atom. The zero-order chi connectivity index (χ0) is 12.1. The van der Waals surface area contributed by atoms with E-state index in [-0.39, 0.29) is 0 Å². The molecule has 0 spiro atoms. The molecule has 1 aliphatic heterocycles. The Morgan fingerprint density at radius 2 is 2.41 bits per heavy atom. The molecule has 0 N–H and O–H groups in total. The number of anilines is 1. The van der Waals surface area contributed by atoms with Crippen LogP contribution in [0.25, 0.3) is 0 Å². The third kappa shape index (κ3) is 3.35. The first-order chi connectivity index (χ1) is 8.33. The lowest BCUT2D eigenvalue weighted by molar-refractivity contribution is 0.327. The largest absolute Gasteiger partial charge is 0.478 e. The number of hydrogen-bond donors (Lipinski definition) is 0. The SMILES string of the molecule is CCOc1cccc(N2CCC(CCBr)C2)n1. The normalized spacial score (nSPS) is 19.6. The molecule has 0 aromatic carbocycles. The summed E-state index contributed by atoms with van der Waals surface area (Å²) in [5, 5.41) is 1.10. The van der Waals surface area contributed by atoms with Crippen molar-refractivity contribution in [3.63, 3.8) is 0 Å². The van der Waals surface area contributed by atoms with Crippen LogP contribution in [0.2, 0.25) is 0 Å². The van der Waals surface area contributed by atoms with Crippen LogP contribution in [0.1, 0.15) is 19.8 Å². The fourth-order valence-electron chi connectivity index (χ4n) is 2.24. The van der Waals surface area contributed by atoms with Crippen molar-refractivity contribution in [2.45, 2.75) is 19.8 Å². The van der Waals surface area contributed by atoms with E-state index < -0.39 is 0 Å². The summed E-state index contributed by atoms with van der Waals surface area (Å²) in [5.74, 6) is 2.58. The highest BCUT2D eigenvalue weighted by Gasteiger charge is 2.22. The lowest BCUT2D eigenvalue weighted by Crippen LogP contribution is -2.21. The molecule has 0 aliphatic carbocycles. The van der Waals surface area contributed by atoms with Crippen molar-refractivity contribution in [3.8, 4) is 5.88 Å². The molecule has 3 nitrogen and oxygen atoms in total. The third-order valence-electron chi connectivity index (χ3n) is 3.13. The Morgan fingerprint density at radius 1 is 1.53 bits per heavy atom. The summed E-state index contributed by atoms with van der Waals surface area (Å²) in [7, 11) is 0. The summed E-state index contributed by atoms with van der Waals surface area (Å²) in [6.07, 6.45) is 2.52. The van der Waals surface area contributed by atoms with E-state index in [2.05, 4.69) is 31.9 Å². The highest BCUT2D eigenvalue weighted by molar-refractivity contribution is 9.09. The van der Waals surface area contributed by atoms with Gasteiger partial charge < -0.3 is 9.64 Å². The van der Waals surface area contributed by atoms with E-state index in [9.17, 15) is 0 Å². The predicted octanol–water partition coefficient (Wildman–Crippen LogP) is 3.09. The van der Waals surface area contributed by atoms with Crippen molar-refractivity contribution in [2.24, 2.45) is 5.92 Å². The first kappa shape index (κ1) is 12.7. The summed E-state index contributed by atoms with van der Waals surface area (Å²) in [5.41, 5.74) is 0. The molecule has 1 fully saturated rings. The summed E-state index contributed by atoms with van der Waals surface area (Å²) >= 11 is 3.51. The number of rotatable bonds is 5. The molecule has 0 amide bonds. The Balaban J connectivity index is 2.00. The summed E-state index contributed by atoms with van der Waals surface area (Å²) < 4.78 is 5.44. The van der Waals surface area contributed by atoms with Gasteiger partial charge in [-0.15, -0.1) is 0 Å². The first-order valence-corrected chi connectivity index (χ1v) is 7.36. The Kier molecular flexibility index (Phi) is 4.66. The lowest BCUT2D eigenvalue weighted by Gasteiger charge is -2.18. The van der Waals surface area contributed by atoms with Gasteiger partial charge in [-0.2, -0.15) is 4.98 Å². The third-order valence-corrected chi connectivity index (χ3v) is 3.59. The van der Waals surface area contributed by atoms with E-state index >= 15 is 0 Å². The van der Waals surface area contributed by atoms with Crippen LogP contribution in [0.3, 0.4) is 0 Å². The van der Waals surface area contributed by atoms with E-state index in [0.717, 1.165) is 36.0 Å². The fourth-order valence-corrected chi connectivity index (χ4v) is 2.89. The van der Waals surface area contributed by atoms with Crippen molar-refractivity contribution in [1.29, 1.82) is 0 Å². The van der Waals surface area contributed by atoms with Gasteiger partial charge in [-0.3, -0.25) is 0 Å². The Labute approximate surface area is 111 Å². The van der Waals surface area contributed by atoms with Crippen LogP contribution in [0.15, 0.2) is 18.2 Å². The predicted molar refractivity (Wildman–Crippen MR) is 74.1 cm³/mol. The van der Waals surface area contributed by atoms with Gasteiger partial charge in [-0.05, 0) is 31.7 Å². The van der Waals surface area contributed by atoms with Gasteiger partial charge in [0.2, 0.25) is 5.88 Å². The van der Waals surface area contributed by atoms with E-state index in [1.807, 2.05) is 19.1 Å². The van der Waals surface area contributed by atoms with Crippen LogP contribution in [-0.2, 0) is 0 Å². The molecular weight excluding hydrogens is 280 g/mol. The van der Waals surface area contributed by atoms with E-state index in [4.69, 9.17) is 4.74 Å². The van der Waals surface area contributed by atoms with Crippen LogP contribution in [-0.4, -0.2) is 30.0 Å². The highest BCUT2D eigenvalue weighted by Crippen LogP contribution is 2.25. The van der Waals surface area contributed by atoms with E-state index in [1.54, 1.807) is 0 Å². The highest BCUT2D eigenvalue weighted by atomic mass is 79.9. The van der Waals surface area contributed by atoms with Gasteiger partial charge in [-0.1, -0.05) is 22.0 Å². The molecule has 94 valence electrons. The quantitative estimate of drug-likeness (QED) is 0.781. The number of alkyl halides is 1. The van der Waals surface area contributed by atoms with Crippen molar-refractivity contribution in [1.82, 2.24) is 4.98 Å². The molecule has 1 aromatic heterocycles. The Hall–Kier alpha value is -0.770. The molecule has 1 aliphatic rings. The average Bonchev–Trinajstić information content (AvgIpc) is 2.79. The summed E-state index contributed by atoms with van der Waals surface area (Å²) in [6, 6.07) is 6.00. The van der Waals surface area contributed by atoms with Crippen molar-refractivity contribution >= 4 is 21.7 Å². The molecule has 2 rings (SSSR count). The maximum atomic E-state index is 5.44. The van der Waals surface area contributed by atoms with Gasteiger partial charge in [0.1, 0.15) is 5.82 Å². The minimum absolute atomic E-state index is 0.669. The molecule has 1 saturated heterocycles. The summed E-state index contributed by atoms with van der Waals surface area (Å²) in [6.45, 7) is 4.88. The minimum Gasteiger partial charge on any atom is -0.478 e. The van der Waals surface area contributed by atoms with E-state index in [0.29, 0.717) is 6.61 Å². The zero-order valence-corrected chi connectivity index (χ0v) is 11.8. The molecule has 1 aromatic rings. The van der Waals surface area contributed by atoms with Crippen molar-refractivity contribution in [3.05, 3.63) is 18.2 Å². The molecule has 2 heterocycles. The minimum atomic E-state index is 0.669. The second kappa shape index (κ2) is 6.24. The smallest absolute Gasteiger partial charge is 0.215 e. The first-order valence-electron chi connectivity index (χ1n) is 6.24. The number of hydrogen-bond acceptors (Lipinski definition) is 3. The van der Waals surface area contributed by atoms with Gasteiger partial charge in [0.05, 0.1) is 6.61 Å². The molecule has 1 unspecified atom stereocenters. The number of pyridine rings is 1. The van der Waals surface area contributed by atoms with Crippen LogP contribution >= 0.6 is 15.9 Å². The van der Waals surface area contributed by atoms with Gasteiger partial charge in [-0.25, -0.2) is 0 Å². The van der Waals surface area contributed by atoms with Crippen molar-refractivity contribution < 1.29 is 4.74 Å². The number of nitrogens with zero attached hydrogens (tertiary/aromatic N) is 2. The molecular formula is C13H19BrN2O. The summed E-state index contributed by atoms with van der Waals surface area (Å²) in [4.78, 5) is 6.89. The number of ether oxygens (including phenoxy) is 1.